The van der Waals surface area contributed by atoms with Crippen molar-refractivity contribution >= 4 is 27.2 Å². The zero-order chi connectivity index (χ0) is 12.2. The van der Waals surface area contributed by atoms with Crippen LogP contribution in [-0.2, 0) is 20.4 Å². The van der Waals surface area contributed by atoms with Crippen molar-refractivity contribution in [1.29, 1.82) is 0 Å². The van der Waals surface area contributed by atoms with Crippen LogP contribution >= 0.6 is 11.6 Å². The van der Waals surface area contributed by atoms with Gasteiger partial charge in [0.25, 0.3) is 0 Å². The second kappa shape index (κ2) is 5.46. The molecule has 0 unspecified atom stereocenters. The smallest absolute Gasteiger partial charge is 0.161 e. The Morgan fingerprint density at radius 2 is 1.81 bits per heavy atom. The lowest BCUT2D eigenvalue weighted by molar-refractivity contribution is -0.116. The first kappa shape index (κ1) is 13.2. The summed E-state index contributed by atoms with van der Waals surface area (Å²) in [6, 6.07) is 6.56. The molecule has 1 rings (SSSR count). The predicted octanol–water partition coefficient (Wildman–Crippen LogP) is 2.23. The third kappa shape index (κ3) is 4.33. The topological polar surface area (TPSA) is 51.2 Å². The molecule has 0 N–H and O–H groups in total. The summed E-state index contributed by atoms with van der Waals surface area (Å²) in [4.78, 5) is 11.1. The molecule has 0 aliphatic carbocycles. The molecule has 0 saturated carbocycles. The Morgan fingerprint density at radius 3 is 2.31 bits per heavy atom. The van der Waals surface area contributed by atoms with Gasteiger partial charge in [0.05, 0.1) is 5.75 Å². The summed E-state index contributed by atoms with van der Waals surface area (Å²) in [5.74, 6) is -0.754. The molecule has 0 fully saturated rings. The highest BCUT2D eigenvalue weighted by atomic mass is 35.5. The van der Waals surface area contributed by atoms with E-state index in [-0.39, 0.29) is 23.7 Å². The molecule has 0 amide bonds. The van der Waals surface area contributed by atoms with E-state index < -0.39 is 9.84 Å². The van der Waals surface area contributed by atoms with Gasteiger partial charge in [-0.15, -0.1) is 0 Å². The van der Waals surface area contributed by atoms with Crippen LogP contribution < -0.4 is 0 Å². The monoisotopic (exact) mass is 260 g/mol. The van der Waals surface area contributed by atoms with Crippen molar-refractivity contribution in [3.63, 3.8) is 0 Å². The summed E-state index contributed by atoms with van der Waals surface area (Å²) in [7, 11) is -3.35. The van der Waals surface area contributed by atoms with Gasteiger partial charge in [-0.25, -0.2) is 8.42 Å². The van der Waals surface area contributed by atoms with E-state index in [9.17, 15) is 13.2 Å². The normalized spacial score (nSPS) is 11.4. The third-order valence-corrected chi connectivity index (χ3v) is 3.86. The average molecular weight is 261 g/mol. The maximum absolute atomic E-state index is 11.6. The first-order chi connectivity index (χ1) is 7.43. The number of ketones is 1. The molecule has 0 atom stereocenters. The highest BCUT2D eigenvalue weighted by molar-refractivity contribution is 7.91. The van der Waals surface area contributed by atoms with Crippen molar-refractivity contribution in [3.05, 3.63) is 34.9 Å². The van der Waals surface area contributed by atoms with Gasteiger partial charge in [0, 0.05) is 11.4 Å². The molecule has 3 nitrogen and oxygen atoms in total. The Balaban J connectivity index is 2.73. The van der Waals surface area contributed by atoms with Crippen LogP contribution in [0.25, 0.3) is 0 Å². The minimum atomic E-state index is -3.35. The minimum Gasteiger partial charge on any atom is -0.299 e. The Bertz CT molecular complexity index is 463. The summed E-state index contributed by atoms with van der Waals surface area (Å²) < 4.78 is 23.2. The van der Waals surface area contributed by atoms with E-state index in [4.69, 9.17) is 11.6 Å². The Labute approximate surface area is 100 Å². The molecule has 0 saturated heterocycles. The number of carbonyl (C=O) groups is 1. The predicted molar refractivity (Wildman–Crippen MR) is 64.2 cm³/mol. The molecule has 0 aliphatic heterocycles. The fourth-order valence-electron chi connectivity index (χ4n) is 1.23. The van der Waals surface area contributed by atoms with E-state index in [1.165, 1.54) is 0 Å². The summed E-state index contributed by atoms with van der Waals surface area (Å²) in [5, 5.41) is 0.561. The maximum atomic E-state index is 11.6. The largest absolute Gasteiger partial charge is 0.299 e. The lowest BCUT2D eigenvalue weighted by Gasteiger charge is -2.03. The fourth-order valence-corrected chi connectivity index (χ4v) is 2.86. The SMILES string of the molecule is CCC(=O)CS(=O)(=O)Cc1ccc(Cl)cc1. The molecule has 88 valence electrons. The van der Waals surface area contributed by atoms with Crippen molar-refractivity contribution in [2.24, 2.45) is 0 Å². The van der Waals surface area contributed by atoms with Crippen LogP contribution in [0, 0.1) is 0 Å². The highest BCUT2D eigenvalue weighted by Gasteiger charge is 2.15. The number of Topliss-reactive ketones (excluding diaryl/α,β-unsaturated/α-hetero) is 1. The molecule has 16 heavy (non-hydrogen) atoms. The number of hydrogen-bond donors (Lipinski definition) is 0. The van der Waals surface area contributed by atoms with E-state index >= 15 is 0 Å². The van der Waals surface area contributed by atoms with E-state index in [1.54, 1.807) is 31.2 Å². The van der Waals surface area contributed by atoms with Crippen LogP contribution in [0.15, 0.2) is 24.3 Å². The zero-order valence-electron chi connectivity index (χ0n) is 8.94. The van der Waals surface area contributed by atoms with E-state index in [2.05, 4.69) is 0 Å². The molecule has 0 bridgehead atoms. The van der Waals surface area contributed by atoms with Gasteiger partial charge < -0.3 is 0 Å². The van der Waals surface area contributed by atoms with Gasteiger partial charge in [0.15, 0.2) is 9.84 Å². The van der Waals surface area contributed by atoms with Crippen LogP contribution in [-0.4, -0.2) is 20.0 Å². The van der Waals surface area contributed by atoms with Gasteiger partial charge >= 0.3 is 0 Å². The summed E-state index contributed by atoms with van der Waals surface area (Å²) in [5.41, 5.74) is 0.647. The zero-order valence-corrected chi connectivity index (χ0v) is 10.5. The van der Waals surface area contributed by atoms with E-state index in [0.717, 1.165) is 0 Å². The lowest BCUT2D eigenvalue weighted by atomic mass is 10.2. The quantitative estimate of drug-likeness (QED) is 0.816. The Morgan fingerprint density at radius 1 is 1.25 bits per heavy atom. The molecule has 0 aromatic heterocycles. The number of rotatable bonds is 5. The van der Waals surface area contributed by atoms with Gasteiger partial charge in [-0.05, 0) is 17.7 Å². The third-order valence-electron chi connectivity index (χ3n) is 2.08. The van der Waals surface area contributed by atoms with Crippen molar-refractivity contribution in [1.82, 2.24) is 0 Å². The molecule has 1 aromatic carbocycles. The Kier molecular flexibility index (Phi) is 4.50. The number of benzene rings is 1. The van der Waals surface area contributed by atoms with Gasteiger partial charge in [-0.1, -0.05) is 30.7 Å². The van der Waals surface area contributed by atoms with Crippen LogP contribution in [0.4, 0.5) is 0 Å². The van der Waals surface area contributed by atoms with Crippen molar-refractivity contribution < 1.29 is 13.2 Å². The molecule has 0 spiro atoms. The molecular formula is C11H13ClO3S. The number of halogens is 1. The van der Waals surface area contributed by atoms with Crippen molar-refractivity contribution in [2.45, 2.75) is 19.1 Å². The molecule has 5 heteroatoms. The molecule has 0 radical (unpaired) electrons. The van der Waals surface area contributed by atoms with Crippen LogP contribution in [0.3, 0.4) is 0 Å². The fraction of sp³-hybridized carbons (Fsp3) is 0.364. The molecule has 0 aliphatic rings. The highest BCUT2D eigenvalue weighted by Crippen LogP contribution is 2.12. The van der Waals surface area contributed by atoms with Crippen LogP contribution in [0.2, 0.25) is 5.02 Å². The summed E-state index contributed by atoms with van der Waals surface area (Å²) in [6.45, 7) is 1.65. The summed E-state index contributed by atoms with van der Waals surface area (Å²) in [6.07, 6.45) is 0.250. The number of hydrogen-bond acceptors (Lipinski definition) is 3. The van der Waals surface area contributed by atoms with Gasteiger partial charge in [-0.2, -0.15) is 0 Å². The first-order valence-electron chi connectivity index (χ1n) is 4.89. The minimum absolute atomic E-state index is 0.115. The van der Waals surface area contributed by atoms with Gasteiger partial charge in [-0.3, -0.25) is 4.79 Å². The standard InChI is InChI=1S/C11H13ClO3S/c1-2-11(13)8-16(14,15)7-9-3-5-10(12)6-4-9/h3-6H,2,7-8H2,1H3. The van der Waals surface area contributed by atoms with E-state index in [0.29, 0.717) is 10.6 Å². The lowest BCUT2D eigenvalue weighted by Crippen LogP contribution is -2.16. The van der Waals surface area contributed by atoms with Gasteiger partial charge in [0.1, 0.15) is 11.5 Å². The second-order valence-corrected chi connectivity index (χ2v) is 6.05. The van der Waals surface area contributed by atoms with Crippen LogP contribution in [0.1, 0.15) is 18.9 Å². The number of sulfone groups is 1. The van der Waals surface area contributed by atoms with Crippen molar-refractivity contribution in [2.75, 3.05) is 5.75 Å². The molecule has 0 heterocycles. The Hall–Kier alpha value is -0.870. The van der Waals surface area contributed by atoms with Crippen LogP contribution in [0.5, 0.6) is 0 Å². The average Bonchev–Trinajstić information content (AvgIpc) is 2.20. The number of carbonyl (C=O) groups excluding carboxylic acids is 1. The summed E-state index contributed by atoms with van der Waals surface area (Å²) >= 11 is 5.69. The molecular weight excluding hydrogens is 248 g/mol. The van der Waals surface area contributed by atoms with E-state index in [1.807, 2.05) is 0 Å². The van der Waals surface area contributed by atoms with Gasteiger partial charge in [0.2, 0.25) is 0 Å². The second-order valence-electron chi connectivity index (χ2n) is 3.55. The first-order valence-corrected chi connectivity index (χ1v) is 7.09. The maximum Gasteiger partial charge on any atom is 0.161 e. The molecule has 1 aromatic rings. The van der Waals surface area contributed by atoms with Crippen molar-refractivity contribution in [3.8, 4) is 0 Å².